The molecule has 4 nitrogen and oxygen atoms in total. The molecule has 0 aliphatic carbocycles. The lowest BCUT2D eigenvalue weighted by molar-refractivity contribution is -0.122. The lowest BCUT2D eigenvalue weighted by Crippen LogP contribution is -2.52. The highest BCUT2D eigenvalue weighted by atomic mass is 19.1. The molecule has 11 heavy (non-hydrogen) atoms. The van der Waals surface area contributed by atoms with E-state index in [-0.39, 0.29) is 0 Å². The van der Waals surface area contributed by atoms with Crippen LogP contribution >= 0.6 is 0 Å². The molecular weight excluding hydrogens is 149 g/mol. The van der Waals surface area contributed by atoms with Gasteiger partial charge < -0.3 is 5.73 Å². The smallest absolute Gasteiger partial charge is 0.243 e. The number of nitrogens with zero attached hydrogens (tertiary/aromatic N) is 1. The first-order valence-corrected chi connectivity index (χ1v) is 3.15. The summed E-state index contributed by atoms with van der Waals surface area (Å²) in [5.74, 6) is -1.09. The summed E-state index contributed by atoms with van der Waals surface area (Å²) in [4.78, 5) is 10.7. The standard InChI is InChI=1S/C6H10FN3O/c1-6(5(8)11)3-4(7)10(2)9-6/h3,9H,1-2H3,(H2,8,11). The summed E-state index contributed by atoms with van der Waals surface area (Å²) in [5, 5.41) is 1.12. The van der Waals surface area contributed by atoms with Crippen LogP contribution in [0.25, 0.3) is 0 Å². The van der Waals surface area contributed by atoms with Crippen LogP contribution in [0.1, 0.15) is 6.92 Å². The van der Waals surface area contributed by atoms with E-state index in [4.69, 9.17) is 5.73 Å². The highest BCUT2D eigenvalue weighted by Crippen LogP contribution is 2.19. The van der Waals surface area contributed by atoms with Crippen LogP contribution in [0.3, 0.4) is 0 Å². The summed E-state index contributed by atoms with van der Waals surface area (Å²) in [6.45, 7) is 1.51. The molecule has 1 atom stereocenters. The number of nitrogens with two attached hydrogens (primary N) is 1. The molecule has 1 amide bonds. The van der Waals surface area contributed by atoms with Crippen molar-refractivity contribution in [1.82, 2.24) is 10.4 Å². The zero-order valence-electron chi connectivity index (χ0n) is 6.39. The van der Waals surface area contributed by atoms with E-state index in [0.29, 0.717) is 0 Å². The van der Waals surface area contributed by atoms with Gasteiger partial charge in [0, 0.05) is 13.1 Å². The van der Waals surface area contributed by atoms with Gasteiger partial charge in [-0.1, -0.05) is 0 Å². The average Bonchev–Trinajstić information content (AvgIpc) is 2.09. The minimum atomic E-state index is -1.08. The lowest BCUT2D eigenvalue weighted by atomic mass is 10.0. The molecule has 0 aromatic carbocycles. The predicted molar refractivity (Wildman–Crippen MR) is 37.7 cm³/mol. The summed E-state index contributed by atoms with van der Waals surface area (Å²) in [6.07, 6.45) is 1.15. The Labute approximate surface area is 63.8 Å². The van der Waals surface area contributed by atoms with Crippen molar-refractivity contribution in [2.75, 3.05) is 7.05 Å². The molecule has 0 aromatic heterocycles. The average molecular weight is 159 g/mol. The van der Waals surface area contributed by atoms with E-state index in [1.807, 2.05) is 0 Å². The largest absolute Gasteiger partial charge is 0.368 e. The molecule has 0 fully saturated rings. The van der Waals surface area contributed by atoms with E-state index in [0.717, 1.165) is 11.1 Å². The minimum Gasteiger partial charge on any atom is -0.368 e. The van der Waals surface area contributed by atoms with Crippen molar-refractivity contribution in [2.45, 2.75) is 12.5 Å². The molecule has 0 aromatic rings. The molecule has 3 N–H and O–H groups in total. The Morgan fingerprint density at radius 2 is 2.45 bits per heavy atom. The van der Waals surface area contributed by atoms with Gasteiger partial charge in [0.15, 0.2) is 0 Å². The molecule has 0 bridgehead atoms. The van der Waals surface area contributed by atoms with E-state index in [9.17, 15) is 9.18 Å². The van der Waals surface area contributed by atoms with Gasteiger partial charge >= 0.3 is 0 Å². The minimum absolute atomic E-state index is 0.494. The van der Waals surface area contributed by atoms with Crippen molar-refractivity contribution in [2.24, 2.45) is 5.73 Å². The number of hydrogen-bond acceptors (Lipinski definition) is 3. The summed E-state index contributed by atoms with van der Waals surface area (Å²) in [7, 11) is 1.47. The summed E-state index contributed by atoms with van der Waals surface area (Å²) in [5.41, 5.74) is 6.50. The topological polar surface area (TPSA) is 58.4 Å². The van der Waals surface area contributed by atoms with Gasteiger partial charge in [-0.25, -0.2) is 5.43 Å². The molecule has 0 saturated carbocycles. The van der Waals surface area contributed by atoms with Gasteiger partial charge in [-0.05, 0) is 6.92 Å². The Kier molecular flexibility index (Phi) is 1.60. The number of hydrazine groups is 1. The van der Waals surface area contributed by atoms with Gasteiger partial charge in [-0.2, -0.15) is 4.39 Å². The number of carbonyl (C=O) groups excluding carboxylic acids is 1. The first-order valence-electron chi connectivity index (χ1n) is 3.15. The quantitative estimate of drug-likeness (QED) is 0.507. The number of primary amides is 1. The van der Waals surface area contributed by atoms with E-state index in [2.05, 4.69) is 5.43 Å². The molecule has 0 spiro atoms. The zero-order chi connectivity index (χ0) is 8.65. The number of amides is 1. The fraction of sp³-hybridized carbons (Fsp3) is 0.500. The number of nitrogens with one attached hydrogen (secondary N) is 1. The number of rotatable bonds is 1. The number of hydrogen-bond donors (Lipinski definition) is 2. The van der Waals surface area contributed by atoms with Gasteiger partial charge in [0.05, 0.1) is 0 Å². The molecule has 1 rings (SSSR count). The van der Waals surface area contributed by atoms with Crippen LogP contribution in [0.5, 0.6) is 0 Å². The van der Waals surface area contributed by atoms with E-state index < -0.39 is 17.4 Å². The number of carbonyl (C=O) groups is 1. The maximum absolute atomic E-state index is 12.7. The van der Waals surface area contributed by atoms with Crippen LogP contribution in [-0.2, 0) is 4.79 Å². The zero-order valence-corrected chi connectivity index (χ0v) is 6.39. The third kappa shape index (κ3) is 1.19. The highest BCUT2D eigenvalue weighted by Gasteiger charge is 2.36. The van der Waals surface area contributed by atoms with Crippen molar-refractivity contribution >= 4 is 5.91 Å². The maximum Gasteiger partial charge on any atom is 0.243 e. The highest BCUT2D eigenvalue weighted by molar-refractivity contribution is 5.87. The second-order valence-corrected chi connectivity index (χ2v) is 2.70. The van der Waals surface area contributed by atoms with Crippen LogP contribution in [0.2, 0.25) is 0 Å². The summed E-state index contributed by atoms with van der Waals surface area (Å²) >= 11 is 0. The third-order valence-corrected chi connectivity index (χ3v) is 1.64. The van der Waals surface area contributed by atoms with Crippen molar-refractivity contribution in [3.05, 3.63) is 12.0 Å². The second kappa shape index (κ2) is 2.20. The monoisotopic (exact) mass is 159 g/mol. The first-order chi connectivity index (χ1) is 4.96. The fourth-order valence-electron chi connectivity index (χ4n) is 0.895. The molecule has 62 valence electrons. The molecule has 1 aliphatic rings. The SMILES string of the molecule is CN1NC(C)(C(N)=O)C=C1F. The molecule has 1 unspecified atom stereocenters. The molecule has 5 heteroatoms. The molecule has 1 aliphatic heterocycles. The Morgan fingerprint density at radius 1 is 1.91 bits per heavy atom. The van der Waals surface area contributed by atoms with Crippen molar-refractivity contribution in [1.29, 1.82) is 0 Å². The second-order valence-electron chi connectivity index (χ2n) is 2.70. The van der Waals surface area contributed by atoms with Gasteiger partial charge in [0.25, 0.3) is 0 Å². The Balaban J connectivity index is 2.88. The molecule has 1 heterocycles. The van der Waals surface area contributed by atoms with E-state index in [1.165, 1.54) is 14.0 Å². The van der Waals surface area contributed by atoms with Gasteiger partial charge in [-0.3, -0.25) is 9.80 Å². The Bertz CT molecular complexity index is 228. The molecule has 0 saturated heterocycles. The predicted octanol–water partition coefficient (Wildman–Crippen LogP) is -0.509. The fourth-order valence-corrected chi connectivity index (χ4v) is 0.895. The third-order valence-electron chi connectivity index (χ3n) is 1.64. The van der Waals surface area contributed by atoms with E-state index >= 15 is 0 Å². The van der Waals surface area contributed by atoms with Gasteiger partial charge in [-0.15, -0.1) is 0 Å². The molecular formula is C6H10FN3O. The van der Waals surface area contributed by atoms with Crippen LogP contribution in [0.15, 0.2) is 12.0 Å². The normalized spacial score (nSPS) is 30.5. The van der Waals surface area contributed by atoms with Crippen molar-refractivity contribution in [3.63, 3.8) is 0 Å². The lowest BCUT2D eigenvalue weighted by Gasteiger charge is -2.20. The Hall–Kier alpha value is -1.10. The Morgan fingerprint density at radius 3 is 2.64 bits per heavy atom. The number of halogens is 1. The maximum atomic E-state index is 12.7. The van der Waals surface area contributed by atoms with Crippen LogP contribution < -0.4 is 11.2 Å². The van der Waals surface area contributed by atoms with Crippen molar-refractivity contribution < 1.29 is 9.18 Å². The van der Waals surface area contributed by atoms with E-state index in [1.54, 1.807) is 0 Å². The van der Waals surface area contributed by atoms with Crippen molar-refractivity contribution in [3.8, 4) is 0 Å². The summed E-state index contributed by atoms with van der Waals surface area (Å²) < 4.78 is 12.7. The molecule has 0 radical (unpaired) electrons. The summed E-state index contributed by atoms with van der Waals surface area (Å²) in [6, 6.07) is 0. The van der Waals surface area contributed by atoms with Crippen LogP contribution in [-0.4, -0.2) is 23.5 Å². The van der Waals surface area contributed by atoms with Gasteiger partial charge in [0.2, 0.25) is 11.9 Å². The van der Waals surface area contributed by atoms with Gasteiger partial charge in [0.1, 0.15) is 5.54 Å². The van der Waals surface area contributed by atoms with Crippen LogP contribution in [0.4, 0.5) is 4.39 Å². The van der Waals surface area contributed by atoms with Crippen LogP contribution in [0, 0.1) is 0 Å². The first kappa shape index (κ1) is 8.00.